The van der Waals surface area contributed by atoms with Crippen LogP contribution in [0.25, 0.3) is 11.2 Å². The van der Waals surface area contributed by atoms with E-state index in [1.807, 2.05) is 6.07 Å². The minimum absolute atomic E-state index is 0.340. The molecule has 5 heteroatoms. The molecule has 0 bridgehead atoms. The number of thioether (sulfide) groups is 1. The minimum Gasteiger partial charge on any atom is -0.341 e. The Morgan fingerprint density at radius 1 is 1.11 bits per heavy atom. The van der Waals surface area contributed by atoms with Gasteiger partial charge in [0, 0.05) is 5.25 Å². The highest BCUT2D eigenvalue weighted by Crippen LogP contribution is 2.35. The van der Waals surface area contributed by atoms with Crippen molar-refractivity contribution in [1.82, 2.24) is 19.9 Å². The highest BCUT2D eigenvalue weighted by molar-refractivity contribution is 7.99. The van der Waals surface area contributed by atoms with Crippen LogP contribution in [0.3, 0.4) is 0 Å². The summed E-state index contributed by atoms with van der Waals surface area (Å²) in [7, 11) is 0. The molecule has 0 aliphatic heterocycles. The van der Waals surface area contributed by atoms with Gasteiger partial charge < -0.3 is 4.98 Å². The van der Waals surface area contributed by atoms with Crippen molar-refractivity contribution in [3.63, 3.8) is 0 Å². The Balaban J connectivity index is 1.91. The van der Waals surface area contributed by atoms with E-state index in [1.54, 1.807) is 24.4 Å². The van der Waals surface area contributed by atoms with Crippen molar-refractivity contribution in [3.05, 3.63) is 48.5 Å². The summed E-state index contributed by atoms with van der Waals surface area (Å²) < 4.78 is 0. The van der Waals surface area contributed by atoms with Crippen LogP contribution in [0.4, 0.5) is 0 Å². The molecule has 1 atom stereocenters. The third-order valence-corrected chi connectivity index (χ3v) is 3.90. The van der Waals surface area contributed by atoms with Crippen molar-refractivity contribution in [1.29, 1.82) is 0 Å². The zero-order valence-corrected chi connectivity index (χ0v) is 10.7. The van der Waals surface area contributed by atoms with Crippen LogP contribution < -0.4 is 0 Å². The van der Waals surface area contributed by atoms with Crippen molar-refractivity contribution in [2.24, 2.45) is 0 Å². The van der Waals surface area contributed by atoms with Gasteiger partial charge in [-0.1, -0.05) is 42.1 Å². The summed E-state index contributed by atoms with van der Waals surface area (Å²) in [6, 6.07) is 10.4. The summed E-state index contributed by atoms with van der Waals surface area (Å²) >= 11 is 1.71. The fourth-order valence-corrected chi connectivity index (χ4v) is 2.80. The second-order valence-electron chi connectivity index (χ2n) is 3.95. The van der Waals surface area contributed by atoms with Crippen molar-refractivity contribution in [3.8, 4) is 0 Å². The van der Waals surface area contributed by atoms with Gasteiger partial charge in [0.2, 0.25) is 0 Å². The molecule has 0 fully saturated rings. The smallest absolute Gasteiger partial charge is 0.181 e. The molecule has 1 aromatic carbocycles. The van der Waals surface area contributed by atoms with Gasteiger partial charge in [-0.15, -0.1) is 0 Å². The Morgan fingerprint density at radius 3 is 2.78 bits per heavy atom. The molecule has 0 saturated carbocycles. The zero-order valence-electron chi connectivity index (χ0n) is 9.87. The lowest BCUT2D eigenvalue weighted by atomic mass is 10.2. The van der Waals surface area contributed by atoms with Crippen LogP contribution in [-0.2, 0) is 0 Å². The summed E-state index contributed by atoms with van der Waals surface area (Å²) in [5, 5.41) is 1.28. The lowest BCUT2D eigenvalue weighted by Crippen LogP contribution is -1.91. The molecule has 3 rings (SSSR count). The monoisotopic (exact) mass is 256 g/mol. The normalized spacial score (nSPS) is 12.7. The van der Waals surface area contributed by atoms with Gasteiger partial charge >= 0.3 is 0 Å². The van der Waals surface area contributed by atoms with Crippen LogP contribution in [-0.4, -0.2) is 19.9 Å². The molecule has 1 N–H and O–H groups in total. The number of nitrogens with one attached hydrogen (secondary N) is 1. The van der Waals surface area contributed by atoms with Gasteiger partial charge in [0.05, 0.1) is 6.33 Å². The number of imidazole rings is 1. The number of hydrogen-bond donors (Lipinski definition) is 1. The zero-order chi connectivity index (χ0) is 12.4. The second-order valence-corrected chi connectivity index (χ2v) is 5.28. The number of aromatic amines is 1. The summed E-state index contributed by atoms with van der Waals surface area (Å²) in [6.07, 6.45) is 3.21. The third-order valence-electron chi connectivity index (χ3n) is 2.75. The average molecular weight is 256 g/mol. The van der Waals surface area contributed by atoms with E-state index in [2.05, 4.69) is 51.1 Å². The summed E-state index contributed by atoms with van der Waals surface area (Å²) in [5.74, 6) is 0. The minimum atomic E-state index is 0.340. The van der Waals surface area contributed by atoms with Crippen LogP contribution in [0.1, 0.15) is 17.7 Å². The molecule has 2 heterocycles. The first kappa shape index (κ1) is 11.2. The number of nitrogens with zero attached hydrogens (tertiary/aromatic N) is 3. The van der Waals surface area contributed by atoms with Gasteiger partial charge in [0.1, 0.15) is 16.9 Å². The lowest BCUT2D eigenvalue weighted by molar-refractivity contribution is 1.05. The Morgan fingerprint density at radius 2 is 1.94 bits per heavy atom. The first-order valence-electron chi connectivity index (χ1n) is 5.70. The summed E-state index contributed by atoms with van der Waals surface area (Å²) in [5.41, 5.74) is 2.91. The molecule has 2 aromatic heterocycles. The lowest BCUT2D eigenvalue weighted by Gasteiger charge is -2.10. The van der Waals surface area contributed by atoms with Crippen LogP contribution in [0.15, 0.2) is 48.0 Å². The predicted molar refractivity (Wildman–Crippen MR) is 72.4 cm³/mol. The van der Waals surface area contributed by atoms with Crippen LogP contribution in [0.2, 0.25) is 0 Å². The number of benzene rings is 1. The van der Waals surface area contributed by atoms with Crippen molar-refractivity contribution < 1.29 is 0 Å². The van der Waals surface area contributed by atoms with Crippen molar-refractivity contribution in [2.45, 2.75) is 17.2 Å². The molecular formula is C13H12N4S. The van der Waals surface area contributed by atoms with E-state index in [0.29, 0.717) is 10.9 Å². The van der Waals surface area contributed by atoms with Crippen molar-refractivity contribution >= 4 is 22.9 Å². The maximum atomic E-state index is 4.33. The number of rotatable bonds is 3. The van der Waals surface area contributed by atoms with Gasteiger partial charge in [-0.05, 0) is 12.5 Å². The van der Waals surface area contributed by atoms with E-state index in [9.17, 15) is 0 Å². The van der Waals surface area contributed by atoms with E-state index >= 15 is 0 Å². The number of aromatic nitrogens is 4. The highest BCUT2D eigenvalue weighted by atomic mass is 32.2. The molecule has 0 aliphatic carbocycles. The Bertz CT molecular complexity index is 650. The maximum Gasteiger partial charge on any atom is 0.181 e. The molecule has 18 heavy (non-hydrogen) atoms. The molecule has 0 unspecified atom stereocenters. The van der Waals surface area contributed by atoms with Crippen LogP contribution >= 0.6 is 11.8 Å². The average Bonchev–Trinajstić information content (AvgIpc) is 2.89. The molecule has 0 saturated heterocycles. The molecule has 0 spiro atoms. The maximum absolute atomic E-state index is 4.33. The van der Waals surface area contributed by atoms with Crippen molar-refractivity contribution in [2.75, 3.05) is 0 Å². The van der Waals surface area contributed by atoms with E-state index in [1.165, 1.54) is 5.56 Å². The first-order chi connectivity index (χ1) is 8.84. The topological polar surface area (TPSA) is 54.5 Å². The molecular weight excluding hydrogens is 244 g/mol. The first-order valence-corrected chi connectivity index (χ1v) is 6.58. The molecule has 90 valence electrons. The molecule has 4 nitrogen and oxygen atoms in total. The van der Waals surface area contributed by atoms with E-state index in [0.717, 1.165) is 10.5 Å². The van der Waals surface area contributed by atoms with Gasteiger partial charge in [-0.3, -0.25) is 0 Å². The van der Waals surface area contributed by atoms with Gasteiger partial charge in [-0.25, -0.2) is 15.0 Å². The van der Waals surface area contributed by atoms with Gasteiger partial charge in [0.15, 0.2) is 5.65 Å². The number of hydrogen-bond acceptors (Lipinski definition) is 4. The molecule has 0 amide bonds. The molecule has 3 aromatic rings. The Labute approximate surface area is 109 Å². The van der Waals surface area contributed by atoms with Crippen LogP contribution in [0, 0.1) is 0 Å². The fourth-order valence-electron chi connectivity index (χ4n) is 1.79. The van der Waals surface area contributed by atoms with Crippen LogP contribution in [0.5, 0.6) is 0 Å². The second kappa shape index (κ2) is 4.78. The number of fused-ring (bicyclic) bond motifs is 1. The SMILES string of the molecule is C[C@@H](Sc1ncnc2nc[nH]c12)c1ccccc1. The molecule has 0 radical (unpaired) electrons. The van der Waals surface area contributed by atoms with E-state index < -0.39 is 0 Å². The largest absolute Gasteiger partial charge is 0.341 e. The standard InChI is InChI=1S/C13H12N4S/c1-9(10-5-3-2-4-6-10)18-13-11-12(15-7-14-11)16-8-17-13/h2-9H,1H3,(H,14,15,16,17)/t9-/m1/s1. The Kier molecular flexibility index (Phi) is 2.98. The molecule has 0 aliphatic rings. The summed E-state index contributed by atoms with van der Waals surface area (Å²) in [6.45, 7) is 2.17. The number of H-pyrrole nitrogens is 1. The van der Waals surface area contributed by atoms with Gasteiger partial charge in [-0.2, -0.15) is 0 Å². The predicted octanol–water partition coefficient (Wildman–Crippen LogP) is 3.21. The summed E-state index contributed by atoms with van der Waals surface area (Å²) in [4.78, 5) is 15.7. The van der Waals surface area contributed by atoms with E-state index in [4.69, 9.17) is 0 Å². The quantitative estimate of drug-likeness (QED) is 0.577. The third kappa shape index (κ3) is 2.09. The Hall–Kier alpha value is -1.88. The van der Waals surface area contributed by atoms with Gasteiger partial charge in [0.25, 0.3) is 0 Å². The van der Waals surface area contributed by atoms with E-state index in [-0.39, 0.29) is 0 Å². The fraction of sp³-hybridized carbons (Fsp3) is 0.154. The highest BCUT2D eigenvalue weighted by Gasteiger charge is 2.12.